The lowest BCUT2D eigenvalue weighted by molar-refractivity contribution is -0.919. The molecule has 0 amide bonds. The van der Waals surface area contributed by atoms with Crippen LogP contribution >= 0.6 is 11.6 Å². The summed E-state index contributed by atoms with van der Waals surface area (Å²) < 4.78 is 0. The van der Waals surface area contributed by atoms with Crippen molar-refractivity contribution >= 4 is 22.5 Å². The van der Waals surface area contributed by atoms with Gasteiger partial charge in [0.05, 0.1) is 23.7 Å². The number of phenolic OH excluding ortho intramolecular Hbond substituents is 1. The van der Waals surface area contributed by atoms with Crippen molar-refractivity contribution in [2.24, 2.45) is 5.92 Å². The van der Waals surface area contributed by atoms with Gasteiger partial charge < -0.3 is 10.0 Å². The Bertz CT molecular complexity index is 621. The predicted octanol–water partition coefficient (Wildman–Crippen LogP) is 2.41. The summed E-state index contributed by atoms with van der Waals surface area (Å²) in [6.07, 6.45) is 4.21. The number of hydrogen-bond acceptors (Lipinski definition) is 2. The predicted molar refractivity (Wildman–Crippen MR) is 81.2 cm³/mol. The summed E-state index contributed by atoms with van der Waals surface area (Å²) in [7, 11) is 0. The number of halogens is 1. The van der Waals surface area contributed by atoms with E-state index >= 15 is 0 Å². The number of hydrogen-bond donors (Lipinski definition) is 2. The molecule has 1 aromatic carbocycles. The topological polar surface area (TPSA) is 37.6 Å². The average molecular weight is 292 g/mol. The smallest absolute Gasteiger partial charge is 0.150 e. The van der Waals surface area contributed by atoms with E-state index in [-0.39, 0.29) is 5.75 Å². The van der Waals surface area contributed by atoms with Crippen molar-refractivity contribution in [2.45, 2.75) is 26.3 Å². The molecule has 3 rings (SSSR count). The van der Waals surface area contributed by atoms with E-state index in [2.05, 4.69) is 11.9 Å². The normalized spacial score (nSPS) is 23.1. The lowest BCUT2D eigenvalue weighted by Gasteiger charge is -2.27. The Kier molecular flexibility index (Phi) is 3.81. The molecule has 1 fully saturated rings. The molecular formula is C16H20ClN2O+. The molecule has 1 aliphatic heterocycles. The number of phenols is 1. The molecule has 1 aromatic heterocycles. The van der Waals surface area contributed by atoms with Crippen molar-refractivity contribution in [1.82, 2.24) is 4.98 Å². The molecule has 4 heteroatoms. The highest BCUT2D eigenvalue weighted by molar-refractivity contribution is 6.35. The van der Waals surface area contributed by atoms with Crippen molar-refractivity contribution in [2.75, 3.05) is 13.1 Å². The maximum atomic E-state index is 10.4. The van der Waals surface area contributed by atoms with E-state index in [1.165, 1.54) is 30.8 Å². The molecule has 2 heterocycles. The van der Waals surface area contributed by atoms with Gasteiger partial charge in [0.15, 0.2) is 5.75 Å². The molecule has 0 atom stereocenters. The number of aromatic hydroxyl groups is 1. The molecular weight excluding hydrogens is 272 g/mol. The van der Waals surface area contributed by atoms with Crippen LogP contribution in [0.3, 0.4) is 0 Å². The van der Waals surface area contributed by atoms with Crippen LogP contribution in [0.15, 0.2) is 24.4 Å². The summed E-state index contributed by atoms with van der Waals surface area (Å²) in [6, 6.07) is 5.63. The van der Waals surface area contributed by atoms with Crippen LogP contribution in [0, 0.1) is 5.92 Å². The summed E-state index contributed by atoms with van der Waals surface area (Å²) in [5, 5.41) is 11.9. The average Bonchev–Trinajstić information content (AvgIpc) is 2.47. The minimum atomic E-state index is 0.288. The molecule has 0 aliphatic carbocycles. The molecule has 0 unspecified atom stereocenters. The highest BCUT2D eigenvalue weighted by atomic mass is 35.5. The number of benzene rings is 1. The molecule has 0 bridgehead atoms. The van der Waals surface area contributed by atoms with E-state index < -0.39 is 0 Å². The van der Waals surface area contributed by atoms with Gasteiger partial charge in [-0.1, -0.05) is 18.5 Å². The Labute approximate surface area is 124 Å². The molecule has 0 radical (unpaired) electrons. The first-order valence-electron chi connectivity index (χ1n) is 7.24. The number of nitrogens with one attached hydrogen (secondary N) is 1. The van der Waals surface area contributed by atoms with Crippen LogP contribution in [0.5, 0.6) is 5.75 Å². The van der Waals surface area contributed by atoms with E-state index in [1.807, 2.05) is 18.2 Å². The lowest BCUT2D eigenvalue weighted by Crippen LogP contribution is -3.11. The quantitative estimate of drug-likeness (QED) is 0.892. The highest BCUT2D eigenvalue weighted by Gasteiger charge is 2.21. The number of aromatic nitrogens is 1. The number of likely N-dealkylation sites (tertiary alicyclic amines) is 1. The maximum Gasteiger partial charge on any atom is 0.150 e. The summed E-state index contributed by atoms with van der Waals surface area (Å²) in [4.78, 5) is 5.78. The first-order valence-corrected chi connectivity index (χ1v) is 7.61. The summed E-state index contributed by atoms with van der Waals surface area (Å²) >= 11 is 6.31. The van der Waals surface area contributed by atoms with Crippen LogP contribution < -0.4 is 4.90 Å². The van der Waals surface area contributed by atoms with Gasteiger partial charge >= 0.3 is 0 Å². The molecule has 1 saturated heterocycles. The van der Waals surface area contributed by atoms with E-state index in [1.54, 1.807) is 6.20 Å². The zero-order valence-corrected chi connectivity index (χ0v) is 12.5. The number of fused-ring (bicyclic) bond motifs is 1. The number of nitrogens with zero attached hydrogens (tertiary/aromatic N) is 1. The largest absolute Gasteiger partial charge is 0.505 e. The third kappa shape index (κ3) is 2.60. The summed E-state index contributed by atoms with van der Waals surface area (Å²) in [5.74, 6) is 1.12. The molecule has 3 nitrogen and oxygen atoms in total. The van der Waals surface area contributed by atoms with Crippen LogP contribution in [0.1, 0.15) is 25.3 Å². The maximum absolute atomic E-state index is 10.4. The van der Waals surface area contributed by atoms with Gasteiger partial charge in [-0.2, -0.15) is 0 Å². The fourth-order valence-corrected chi connectivity index (χ4v) is 3.27. The van der Waals surface area contributed by atoms with Gasteiger partial charge in [-0.25, -0.2) is 0 Å². The van der Waals surface area contributed by atoms with Crippen LogP contribution in [0.2, 0.25) is 5.02 Å². The van der Waals surface area contributed by atoms with Gasteiger partial charge in [-0.05, 0) is 37.0 Å². The first kappa shape index (κ1) is 13.7. The minimum Gasteiger partial charge on any atom is -0.505 e. The summed E-state index contributed by atoms with van der Waals surface area (Å²) in [6.45, 7) is 5.47. The lowest BCUT2D eigenvalue weighted by atomic mass is 9.98. The molecule has 106 valence electrons. The minimum absolute atomic E-state index is 0.288. The third-order valence-electron chi connectivity index (χ3n) is 4.32. The van der Waals surface area contributed by atoms with Crippen LogP contribution in [-0.2, 0) is 6.54 Å². The second-order valence-corrected chi connectivity index (χ2v) is 6.28. The monoisotopic (exact) mass is 291 g/mol. The fourth-order valence-electron chi connectivity index (χ4n) is 2.99. The van der Waals surface area contributed by atoms with Crippen molar-refractivity contribution in [1.29, 1.82) is 0 Å². The molecule has 1 aliphatic rings. The molecule has 2 aromatic rings. The van der Waals surface area contributed by atoms with Crippen molar-refractivity contribution in [3.05, 3.63) is 35.0 Å². The SMILES string of the molecule is CC1CC[NH+](Cc2cc(Cl)c3cccnc3c2O)CC1. The van der Waals surface area contributed by atoms with Crippen molar-refractivity contribution in [3.8, 4) is 5.75 Å². The fraction of sp³-hybridized carbons (Fsp3) is 0.438. The standard InChI is InChI=1S/C16H19ClN2O/c1-11-4-7-19(8-5-11)10-12-9-14(17)13-3-2-6-18-15(13)16(12)20/h2-3,6,9,11,20H,4-5,7-8,10H2,1H3/p+1. The van der Waals surface area contributed by atoms with Crippen molar-refractivity contribution < 1.29 is 10.0 Å². The van der Waals surface area contributed by atoms with Gasteiger partial charge in [0.1, 0.15) is 12.1 Å². The van der Waals surface area contributed by atoms with E-state index in [0.29, 0.717) is 10.5 Å². The van der Waals surface area contributed by atoms with Crippen LogP contribution in [0.25, 0.3) is 10.9 Å². The Hall–Kier alpha value is -1.32. The van der Waals surface area contributed by atoms with E-state index in [9.17, 15) is 5.11 Å². The van der Waals surface area contributed by atoms with Crippen LogP contribution in [0.4, 0.5) is 0 Å². The van der Waals surface area contributed by atoms with E-state index in [0.717, 1.165) is 23.4 Å². The van der Waals surface area contributed by atoms with Crippen LogP contribution in [-0.4, -0.2) is 23.2 Å². The second kappa shape index (κ2) is 5.58. The highest BCUT2D eigenvalue weighted by Crippen LogP contribution is 2.32. The zero-order valence-electron chi connectivity index (χ0n) is 11.7. The Morgan fingerprint density at radius 3 is 2.90 bits per heavy atom. The Balaban J connectivity index is 1.90. The number of pyridine rings is 1. The first-order chi connectivity index (χ1) is 9.65. The zero-order chi connectivity index (χ0) is 14.1. The Morgan fingerprint density at radius 2 is 2.15 bits per heavy atom. The van der Waals surface area contributed by atoms with Crippen molar-refractivity contribution in [3.63, 3.8) is 0 Å². The van der Waals surface area contributed by atoms with Gasteiger partial charge in [-0.3, -0.25) is 4.98 Å². The van der Waals surface area contributed by atoms with E-state index in [4.69, 9.17) is 11.6 Å². The molecule has 0 saturated carbocycles. The van der Waals surface area contributed by atoms with Gasteiger partial charge in [0.25, 0.3) is 0 Å². The van der Waals surface area contributed by atoms with Gasteiger partial charge in [0, 0.05) is 11.6 Å². The van der Waals surface area contributed by atoms with Gasteiger partial charge in [0.2, 0.25) is 0 Å². The Morgan fingerprint density at radius 1 is 1.40 bits per heavy atom. The summed E-state index contributed by atoms with van der Waals surface area (Å²) in [5.41, 5.74) is 1.52. The third-order valence-corrected chi connectivity index (χ3v) is 4.63. The number of piperidine rings is 1. The second-order valence-electron chi connectivity index (χ2n) is 5.87. The molecule has 0 spiro atoms. The molecule has 20 heavy (non-hydrogen) atoms. The number of rotatable bonds is 2. The van der Waals surface area contributed by atoms with Gasteiger partial charge in [-0.15, -0.1) is 0 Å². The molecule has 2 N–H and O–H groups in total. The number of quaternary nitrogens is 1.